The monoisotopic (exact) mass is 273 g/mol. The molecule has 0 amide bonds. The number of benzene rings is 1. The van der Waals surface area contributed by atoms with Crippen LogP contribution in [0.3, 0.4) is 0 Å². The summed E-state index contributed by atoms with van der Waals surface area (Å²) >= 11 is 0. The Bertz CT molecular complexity index is 810. The third-order valence-corrected chi connectivity index (χ3v) is 4.13. The summed E-state index contributed by atoms with van der Waals surface area (Å²) in [6.07, 6.45) is 4.83. The summed E-state index contributed by atoms with van der Waals surface area (Å²) in [5, 5.41) is 0.856. The van der Waals surface area contributed by atoms with Gasteiger partial charge in [0.2, 0.25) is 0 Å². The molecule has 0 fully saturated rings. The number of rotatable bonds is 3. The smallest absolute Gasteiger partial charge is 0.261 e. The lowest BCUT2D eigenvalue weighted by Crippen LogP contribution is -2.12. The van der Waals surface area contributed by atoms with Gasteiger partial charge in [-0.25, -0.2) is 8.42 Å². The van der Waals surface area contributed by atoms with Crippen molar-refractivity contribution in [3.05, 3.63) is 55.0 Å². The molecular weight excluding hydrogens is 262 g/mol. The van der Waals surface area contributed by atoms with E-state index in [4.69, 9.17) is 0 Å². The number of nitrogens with zero attached hydrogens (tertiary/aromatic N) is 1. The minimum atomic E-state index is -3.59. The van der Waals surface area contributed by atoms with E-state index >= 15 is 0 Å². The lowest BCUT2D eigenvalue weighted by molar-refractivity contribution is 0.601. The molecular formula is C13H11N3O2S. The highest BCUT2D eigenvalue weighted by atomic mass is 32.2. The van der Waals surface area contributed by atoms with E-state index < -0.39 is 10.0 Å². The van der Waals surface area contributed by atoms with Crippen LogP contribution in [0.4, 0.5) is 5.69 Å². The van der Waals surface area contributed by atoms with E-state index in [1.807, 2.05) is 6.07 Å². The minimum absolute atomic E-state index is 0.225. The summed E-state index contributed by atoms with van der Waals surface area (Å²) in [7, 11) is -3.59. The van der Waals surface area contributed by atoms with Gasteiger partial charge in [0.15, 0.2) is 0 Å². The molecule has 0 saturated heterocycles. The Labute approximate surface area is 110 Å². The first kappa shape index (κ1) is 11.7. The fraction of sp³-hybridized carbons (Fsp3) is 0. The number of hydrogen-bond acceptors (Lipinski definition) is 3. The Morgan fingerprint density at radius 2 is 2.05 bits per heavy atom. The van der Waals surface area contributed by atoms with Crippen molar-refractivity contribution in [2.45, 2.75) is 4.90 Å². The van der Waals surface area contributed by atoms with Crippen LogP contribution in [-0.4, -0.2) is 18.4 Å². The molecule has 96 valence electrons. The van der Waals surface area contributed by atoms with Gasteiger partial charge >= 0.3 is 0 Å². The van der Waals surface area contributed by atoms with Gasteiger partial charge in [0.05, 0.1) is 16.8 Å². The summed E-state index contributed by atoms with van der Waals surface area (Å²) in [6.45, 7) is 0. The molecule has 2 N–H and O–H groups in total. The largest absolute Gasteiger partial charge is 0.361 e. The molecule has 0 aliphatic heterocycles. The third-order valence-electron chi connectivity index (χ3n) is 2.75. The van der Waals surface area contributed by atoms with Crippen LogP contribution >= 0.6 is 0 Å². The van der Waals surface area contributed by atoms with Gasteiger partial charge in [-0.3, -0.25) is 9.71 Å². The molecule has 0 unspecified atom stereocenters. The average Bonchev–Trinajstić information content (AvgIpc) is 2.86. The molecule has 0 spiro atoms. The summed E-state index contributed by atoms with van der Waals surface area (Å²) in [4.78, 5) is 7.12. The fourth-order valence-electron chi connectivity index (χ4n) is 1.84. The minimum Gasteiger partial charge on any atom is -0.361 e. The number of aromatic amines is 1. The number of aromatic nitrogens is 2. The molecule has 2 heterocycles. The van der Waals surface area contributed by atoms with Crippen molar-refractivity contribution in [2.24, 2.45) is 0 Å². The molecule has 0 bridgehead atoms. The highest BCUT2D eigenvalue weighted by Crippen LogP contribution is 2.20. The summed E-state index contributed by atoms with van der Waals surface area (Å²) < 4.78 is 26.9. The Morgan fingerprint density at radius 1 is 1.16 bits per heavy atom. The molecule has 1 aromatic carbocycles. The molecule has 2 aromatic heterocycles. The van der Waals surface area contributed by atoms with Crippen molar-refractivity contribution >= 4 is 26.6 Å². The van der Waals surface area contributed by atoms with Crippen molar-refractivity contribution in [1.29, 1.82) is 0 Å². The van der Waals surface area contributed by atoms with Gasteiger partial charge in [-0.05, 0) is 36.4 Å². The van der Waals surface area contributed by atoms with Gasteiger partial charge in [0.1, 0.15) is 0 Å². The summed E-state index contributed by atoms with van der Waals surface area (Å²) in [5.41, 5.74) is 1.34. The Hall–Kier alpha value is -2.34. The Kier molecular flexibility index (Phi) is 2.72. The van der Waals surface area contributed by atoms with Gasteiger partial charge in [-0.1, -0.05) is 0 Å². The summed E-state index contributed by atoms with van der Waals surface area (Å²) in [6, 6.07) is 10.1. The summed E-state index contributed by atoms with van der Waals surface area (Å²) in [5.74, 6) is 0. The molecule has 19 heavy (non-hydrogen) atoms. The van der Waals surface area contributed by atoms with Crippen molar-refractivity contribution in [2.75, 3.05) is 4.72 Å². The van der Waals surface area contributed by atoms with E-state index in [1.165, 1.54) is 6.20 Å². The second-order valence-electron chi connectivity index (χ2n) is 4.07. The van der Waals surface area contributed by atoms with Crippen molar-refractivity contribution in [1.82, 2.24) is 9.97 Å². The predicted molar refractivity (Wildman–Crippen MR) is 73.3 cm³/mol. The molecule has 0 saturated carbocycles. The van der Waals surface area contributed by atoms with E-state index in [9.17, 15) is 8.42 Å². The standard InChI is InChI=1S/C13H11N3O2S/c17-19(18,16-11-2-1-6-14-9-11)12-3-4-13-10(8-12)5-7-15-13/h1-9,15-16H. The van der Waals surface area contributed by atoms with Gasteiger partial charge in [0, 0.05) is 23.3 Å². The van der Waals surface area contributed by atoms with Crippen LogP contribution in [0, 0.1) is 0 Å². The van der Waals surface area contributed by atoms with Gasteiger partial charge < -0.3 is 4.98 Å². The molecule has 0 aliphatic carbocycles. The molecule has 5 nitrogen and oxygen atoms in total. The quantitative estimate of drug-likeness (QED) is 0.769. The first-order valence-electron chi connectivity index (χ1n) is 5.65. The third kappa shape index (κ3) is 2.30. The van der Waals surface area contributed by atoms with Crippen LogP contribution in [0.1, 0.15) is 0 Å². The van der Waals surface area contributed by atoms with E-state index in [-0.39, 0.29) is 4.90 Å². The first-order chi connectivity index (χ1) is 9.15. The second kappa shape index (κ2) is 4.40. The van der Waals surface area contributed by atoms with Crippen LogP contribution in [0.25, 0.3) is 10.9 Å². The highest BCUT2D eigenvalue weighted by molar-refractivity contribution is 7.92. The molecule has 6 heteroatoms. The van der Waals surface area contributed by atoms with Crippen LogP contribution in [-0.2, 0) is 10.0 Å². The molecule has 3 rings (SSSR count). The van der Waals surface area contributed by atoms with E-state index in [0.29, 0.717) is 5.69 Å². The van der Waals surface area contributed by atoms with Crippen LogP contribution < -0.4 is 4.72 Å². The van der Waals surface area contributed by atoms with Crippen molar-refractivity contribution in [3.8, 4) is 0 Å². The topological polar surface area (TPSA) is 74.8 Å². The van der Waals surface area contributed by atoms with E-state index in [2.05, 4.69) is 14.7 Å². The number of sulfonamides is 1. The highest BCUT2D eigenvalue weighted by Gasteiger charge is 2.14. The normalized spacial score (nSPS) is 11.6. The van der Waals surface area contributed by atoms with Crippen LogP contribution in [0.5, 0.6) is 0 Å². The van der Waals surface area contributed by atoms with E-state index in [0.717, 1.165) is 10.9 Å². The first-order valence-corrected chi connectivity index (χ1v) is 7.13. The zero-order valence-electron chi connectivity index (χ0n) is 9.87. The SMILES string of the molecule is O=S(=O)(Nc1cccnc1)c1ccc2[nH]ccc2c1. The Balaban J connectivity index is 1.99. The zero-order chi connectivity index (χ0) is 13.3. The molecule has 3 aromatic rings. The maximum absolute atomic E-state index is 12.2. The van der Waals surface area contributed by atoms with E-state index in [1.54, 1.807) is 42.7 Å². The maximum Gasteiger partial charge on any atom is 0.261 e. The van der Waals surface area contributed by atoms with Gasteiger partial charge in [0.25, 0.3) is 10.0 Å². The van der Waals surface area contributed by atoms with Crippen LogP contribution in [0.2, 0.25) is 0 Å². The number of H-pyrrole nitrogens is 1. The number of fused-ring (bicyclic) bond motifs is 1. The van der Waals surface area contributed by atoms with Crippen molar-refractivity contribution < 1.29 is 8.42 Å². The van der Waals surface area contributed by atoms with Crippen LogP contribution in [0.15, 0.2) is 59.9 Å². The Morgan fingerprint density at radius 3 is 2.84 bits per heavy atom. The zero-order valence-corrected chi connectivity index (χ0v) is 10.7. The number of hydrogen-bond donors (Lipinski definition) is 2. The molecule has 0 radical (unpaired) electrons. The predicted octanol–water partition coefficient (Wildman–Crippen LogP) is 2.36. The van der Waals surface area contributed by atoms with Crippen molar-refractivity contribution in [3.63, 3.8) is 0 Å². The number of pyridine rings is 1. The van der Waals surface area contributed by atoms with Gasteiger partial charge in [-0.2, -0.15) is 0 Å². The number of nitrogens with one attached hydrogen (secondary N) is 2. The lowest BCUT2D eigenvalue weighted by atomic mass is 10.2. The molecule has 0 atom stereocenters. The molecule has 0 aliphatic rings. The average molecular weight is 273 g/mol. The lowest BCUT2D eigenvalue weighted by Gasteiger charge is -2.07. The fourth-order valence-corrected chi connectivity index (χ4v) is 2.91. The van der Waals surface area contributed by atoms with Gasteiger partial charge in [-0.15, -0.1) is 0 Å². The maximum atomic E-state index is 12.2. The second-order valence-corrected chi connectivity index (χ2v) is 5.76. The number of anilines is 1.